The zero-order chi connectivity index (χ0) is 12.7. The van der Waals surface area contributed by atoms with E-state index in [1.54, 1.807) is 0 Å². The Morgan fingerprint density at radius 3 is 2.83 bits per heavy atom. The molecule has 0 atom stereocenters. The number of hydrogen-bond donors (Lipinski definition) is 1. The van der Waals surface area contributed by atoms with Crippen molar-refractivity contribution < 1.29 is 0 Å². The Bertz CT molecular complexity index is 652. The van der Waals surface area contributed by atoms with E-state index in [-0.39, 0.29) is 0 Å². The Kier molecular flexibility index (Phi) is 2.96. The van der Waals surface area contributed by atoms with Crippen LogP contribution in [0.25, 0.3) is 10.9 Å². The first-order valence-electron chi connectivity index (χ1n) is 6.07. The third kappa shape index (κ3) is 1.88. The summed E-state index contributed by atoms with van der Waals surface area (Å²) in [7, 11) is 0. The van der Waals surface area contributed by atoms with Gasteiger partial charge < -0.3 is 5.73 Å². The summed E-state index contributed by atoms with van der Waals surface area (Å²) in [6.07, 6.45) is 4.40. The van der Waals surface area contributed by atoms with E-state index in [9.17, 15) is 0 Å². The van der Waals surface area contributed by atoms with Crippen molar-refractivity contribution in [3.63, 3.8) is 0 Å². The van der Waals surface area contributed by atoms with Crippen LogP contribution in [0.3, 0.4) is 0 Å². The molecule has 0 bridgehead atoms. The lowest BCUT2D eigenvalue weighted by Crippen LogP contribution is -2.18. The average Bonchev–Trinajstić information content (AvgIpc) is 2.35. The monoisotopic (exact) mass is 276 g/mol. The normalized spacial score (nSPS) is 14.5. The zero-order valence-electron chi connectivity index (χ0n) is 9.87. The van der Waals surface area contributed by atoms with Crippen molar-refractivity contribution in [2.24, 2.45) is 5.73 Å². The molecule has 0 spiro atoms. The number of thiocarbonyl (C=S) groups is 1. The number of benzene rings is 1. The fourth-order valence-corrected chi connectivity index (χ4v) is 3.08. The lowest BCUT2D eigenvalue weighted by atomic mass is 9.90. The number of hydrogen-bond acceptors (Lipinski definition) is 2. The molecule has 92 valence electrons. The molecule has 4 heteroatoms. The van der Waals surface area contributed by atoms with E-state index in [0.717, 1.165) is 35.0 Å². The summed E-state index contributed by atoms with van der Waals surface area (Å²) in [5.41, 5.74) is 10.2. The van der Waals surface area contributed by atoms with Crippen LogP contribution in [-0.2, 0) is 12.8 Å². The first kappa shape index (κ1) is 11.9. The van der Waals surface area contributed by atoms with Crippen molar-refractivity contribution in [2.45, 2.75) is 25.7 Å². The Morgan fingerprint density at radius 2 is 2.06 bits per heavy atom. The second kappa shape index (κ2) is 4.48. The molecule has 2 N–H and O–H groups in total. The van der Waals surface area contributed by atoms with Gasteiger partial charge in [0.2, 0.25) is 0 Å². The van der Waals surface area contributed by atoms with Crippen molar-refractivity contribution in [1.29, 1.82) is 0 Å². The van der Waals surface area contributed by atoms with Crippen LogP contribution in [0.5, 0.6) is 0 Å². The number of aromatic nitrogens is 1. The molecule has 2 aromatic rings. The van der Waals surface area contributed by atoms with Gasteiger partial charge in [-0.05, 0) is 49.4 Å². The number of nitrogens with zero attached hydrogens (tertiary/aromatic N) is 1. The highest BCUT2D eigenvalue weighted by atomic mass is 35.5. The van der Waals surface area contributed by atoms with Crippen molar-refractivity contribution in [3.8, 4) is 0 Å². The third-order valence-electron chi connectivity index (χ3n) is 3.47. The topological polar surface area (TPSA) is 38.9 Å². The molecular weight excluding hydrogens is 264 g/mol. The molecule has 0 unspecified atom stereocenters. The SMILES string of the molecule is NC(=S)c1c2c(nc3ccc(Cl)cc13)CCCC2. The maximum atomic E-state index is 6.07. The second-order valence-electron chi connectivity index (χ2n) is 4.64. The van der Waals surface area contributed by atoms with Gasteiger partial charge in [-0.3, -0.25) is 4.98 Å². The predicted molar refractivity (Wildman–Crippen MR) is 79.3 cm³/mol. The summed E-state index contributed by atoms with van der Waals surface area (Å²) in [6, 6.07) is 5.71. The standard InChI is InChI=1S/C14H13ClN2S/c15-8-5-6-12-10(7-8)13(14(16)18)9-3-1-2-4-11(9)17-12/h5-7H,1-4H2,(H2,16,18). The fourth-order valence-electron chi connectivity index (χ4n) is 2.68. The molecule has 1 aliphatic rings. The predicted octanol–water partition coefficient (Wildman–Crippen LogP) is 3.40. The number of rotatable bonds is 1. The maximum Gasteiger partial charge on any atom is 0.105 e. The first-order valence-corrected chi connectivity index (χ1v) is 6.86. The quantitative estimate of drug-likeness (QED) is 0.812. The molecule has 1 aromatic carbocycles. The van der Waals surface area contributed by atoms with Crippen LogP contribution in [0.15, 0.2) is 18.2 Å². The van der Waals surface area contributed by atoms with E-state index in [0.29, 0.717) is 10.0 Å². The molecule has 0 aliphatic heterocycles. The number of nitrogens with two attached hydrogens (primary N) is 1. The Hall–Kier alpha value is -1.19. The summed E-state index contributed by atoms with van der Waals surface area (Å²) < 4.78 is 0. The number of aryl methyl sites for hydroxylation is 1. The van der Waals surface area contributed by atoms with Crippen LogP contribution in [0.2, 0.25) is 5.02 Å². The van der Waals surface area contributed by atoms with Gasteiger partial charge in [-0.15, -0.1) is 0 Å². The van der Waals surface area contributed by atoms with Crippen LogP contribution in [0.1, 0.15) is 29.7 Å². The highest BCUT2D eigenvalue weighted by Crippen LogP contribution is 2.30. The van der Waals surface area contributed by atoms with Crippen LogP contribution < -0.4 is 5.73 Å². The van der Waals surface area contributed by atoms with E-state index >= 15 is 0 Å². The Morgan fingerprint density at radius 1 is 1.28 bits per heavy atom. The van der Waals surface area contributed by atoms with Gasteiger partial charge in [0.1, 0.15) is 4.99 Å². The molecule has 1 heterocycles. The molecule has 0 saturated heterocycles. The summed E-state index contributed by atoms with van der Waals surface area (Å²) in [5.74, 6) is 0. The van der Waals surface area contributed by atoms with Gasteiger partial charge in [-0.1, -0.05) is 23.8 Å². The van der Waals surface area contributed by atoms with E-state index in [4.69, 9.17) is 34.5 Å². The molecule has 0 amide bonds. The minimum absolute atomic E-state index is 0.447. The zero-order valence-corrected chi connectivity index (χ0v) is 11.4. The first-order chi connectivity index (χ1) is 8.66. The van der Waals surface area contributed by atoms with E-state index in [1.165, 1.54) is 18.4 Å². The highest BCUT2D eigenvalue weighted by molar-refractivity contribution is 7.80. The minimum atomic E-state index is 0.447. The van der Waals surface area contributed by atoms with Gasteiger partial charge in [0.25, 0.3) is 0 Å². The van der Waals surface area contributed by atoms with Crippen LogP contribution in [-0.4, -0.2) is 9.97 Å². The molecule has 0 fully saturated rings. The van der Waals surface area contributed by atoms with E-state index in [2.05, 4.69) is 0 Å². The van der Waals surface area contributed by atoms with Gasteiger partial charge in [0.15, 0.2) is 0 Å². The van der Waals surface area contributed by atoms with Gasteiger partial charge >= 0.3 is 0 Å². The molecule has 1 aliphatic carbocycles. The van der Waals surface area contributed by atoms with E-state index < -0.39 is 0 Å². The van der Waals surface area contributed by atoms with Gasteiger partial charge in [-0.2, -0.15) is 0 Å². The molecule has 1 aromatic heterocycles. The largest absolute Gasteiger partial charge is 0.389 e. The molecule has 0 radical (unpaired) electrons. The molecule has 0 saturated carbocycles. The van der Waals surface area contributed by atoms with Crippen molar-refractivity contribution in [2.75, 3.05) is 0 Å². The molecule has 3 rings (SSSR count). The summed E-state index contributed by atoms with van der Waals surface area (Å²) in [5, 5.41) is 1.67. The van der Waals surface area contributed by atoms with Gasteiger partial charge in [-0.25, -0.2) is 0 Å². The third-order valence-corrected chi connectivity index (χ3v) is 3.91. The Balaban J connectivity index is 2.41. The molecular formula is C14H13ClN2S. The van der Waals surface area contributed by atoms with Crippen molar-refractivity contribution in [1.82, 2.24) is 4.98 Å². The lowest BCUT2D eigenvalue weighted by molar-refractivity contribution is 0.670. The maximum absolute atomic E-state index is 6.07. The Labute approximate surface area is 116 Å². The van der Waals surface area contributed by atoms with Crippen molar-refractivity contribution in [3.05, 3.63) is 40.0 Å². The molecule has 18 heavy (non-hydrogen) atoms. The highest BCUT2D eigenvalue weighted by Gasteiger charge is 2.19. The number of fused-ring (bicyclic) bond motifs is 2. The number of halogens is 1. The van der Waals surface area contributed by atoms with Crippen LogP contribution in [0.4, 0.5) is 0 Å². The van der Waals surface area contributed by atoms with E-state index in [1.807, 2.05) is 18.2 Å². The lowest BCUT2D eigenvalue weighted by Gasteiger charge is -2.20. The summed E-state index contributed by atoms with van der Waals surface area (Å²) in [6.45, 7) is 0. The summed E-state index contributed by atoms with van der Waals surface area (Å²) >= 11 is 11.3. The van der Waals surface area contributed by atoms with Crippen LogP contribution >= 0.6 is 23.8 Å². The number of pyridine rings is 1. The minimum Gasteiger partial charge on any atom is -0.389 e. The van der Waals surface area contributed by atoms with Gasteiger partial charge in [0.05, 0.1) is 5.52 Å². The summed E-state index contributed by atoms with van der Waals surface area (Å²) in [4.78, 5) is 5.17. The molecule has 2 nitrogen and oxygen atoms in total. The fraction of sp³-hybridized carbons (Fsp3) is 0.286. The smallest absolute Gasteiger partial charge is 0.105 e. The average molecular weight is 277 g/mol. The second-order valence-corrected chi connectivity index (χ2v) is 5.52. The van der Waals surface area contributed by atoms with Crippen LogP contribution in [0, 0.1) is 0 Å². The van der Waals surface area contributed by atoms with Gasteiger partial charge in [0, 0.05) is 21.7 Å². The van der Waals surface area contributed by atoms with Crippen molar-refractivity contribution >= 4 is 39.7 Å².